The van der Waals surface area contributed by atoms with Crippen LogP contribution in [0.1, 0.15) is 62.6 Å². The van der Waals surface area contributed by atoms with Gasteiger partial charge >= 0.3 is 0 Å². The highest BCUT2D eigenvalue weighted by atomic mass is 32.1. The molecule has 4 N–H and O–H groups in total. The molecule has 2 amide bonds. The van der Waals surface area contributed by atoms with Gasteiger partial charge in [0.1, 0.15) is 11.5 Å². The molecule has 0 radical (unpaired) electrons. The van der Waals surface area contributed by atoms with Crippen molar-refractivity contribution in [3.05, 3.63) is 49.1 Å². The summed E-state index contributed by atoms with van der Waals surface area (Å²) in [5.41, 5.74) is 7.21. The molecule has 3 aromatic heterocycles. The standard InChI is InChI=1S/C23H26N8O2S2/c1-13(26-12-18(32)31-7-2-3-16(31)11-24)10-23(22-27-29-30-28-22)19-14(6-8-34-19)4-5-15-9-17(21(25)33)35-20(15)23/h6,8-9,13,16,26H,2-5,7,10,12H2,1H3,(H2,25,33)(H,27,28,29,30)/t13-,16+,23?/m1/s1. The van der Waals surface area contributed by atoms with Gasteiger partial charge in [-0.1, -0.05) is 5.21 Å². The number of aryl methyl sites for hydroxylation is 2. The Morgan fingerprint density at radius 1 is 1.40 bits per heavy atom. The number of tetrazole rings is 1. The van der Waals surface area contributed by atoms with Crippen molar-refractivity contribution >= 4 is 34.5 Å². The Bertz CT molecular complexity index is 1280. The minimum atomic E-state index is -0.737. The predicted octanol–water partition coefficient (Wildman–Crippen LogP) is 1.74. The van der Waals surface area contributed by atoms with E-state index in [1.807, 2.05) is 13.0 Å². The lowest BCUT2D eigenvalue weighted by Crippen LogP contribution is -2.45. The molecule has 2 aliphatic rings. The van der Waals surface area contributed by atoms with Crippen LogP contribution in [0, 0.1) is 11.3 Å². The third-order valence-electron chi connectivity index (χ3n) is 6.90. The summed E-state index contributed by atoms with van der Waals surface area (Å²) >= 11 is 3.04. The van der Waals surface area contributed by atoms with Gasteiger partial charge in [0.15, 0.2) is 5.82 Å². The van der Waals surface area contributed by atoms with Gasteiger partial charge in [-0.3, -0.25) is 9.59 Å². The molecule has 0 bridgehead atoms. The van der Waals surface area contributed by atoms with E-state index in [-0.39, 0.29) is 24.5 Å². The molecule has 1 saturated heterocycles. The van der Waals surface area contributed by atoms with E-state index >= 15 is 0 Å². The summed E-state index contributed by atoms with van der Waals surface area (Å²) in [4.78, 5) is 29.2. The van der Waals surface area contributed by atoms with Crippen LogP contribution in [0.25, 0.3) is 0 Å². The lowest BCUT2D eigenvalue weighted by molar-refractivity contribution is -0.130. The first-order chi connectivity index (χ1) is 16.9. The highest BCUT2D eigenvalue weighted by Gasteiger charge is 2.48. The van der Waals surface area contributed by atoms with Crippen LogP contribution in [-0.2, 0) is 23.1 Å². The lowest BCUT2D eigenvalue weighted by Gasteiger charge is -2.33. The largest absolute Gasteiger partial charge is 0.365 e. The summed E-state index contributed by atoms with van der Waals surface area (Å²) in [5, 5.41) is 30.1. The monoisotopic (exact) mass is 510 g/mol. The van der Waals surface area contributed by atoms with E-state index in [9.17, 15) is 14.9 Å². The van der Waals surface area contributed by atoms with Gasteiger partial charge in [-0.25, -0.2) is 0 Å². The van der Waals surface area contributed by atoms with Crippen LogP contribution < -0.4 is 11.1 Å². The van der Waals surface area contributed by atoms with Crippen molar-refractivity contribution in [1.29, 1.82) is 5.26 Å². The Morgan fingerprint density at radius 3 is 2.97 bits per heavy atom. The van der Waals surface area contributed by atoms with Gasteiger partial charge in [-0.2, -0.15) is 10.5 Å². The number of fused-ring (bicyclic) bond motifs is 2. The van der Waals surface area contributed by atoms with Crippen molar-refractivity contribution < 1.29 is 9.59 Å². The predicted molar refractivity (Wildman–Crippen MR) is 131 cm³/mol. The molecule has 3 atom stereocenters. The Hall–Kier alpha value is -3.14. The van der Waals surface area contributed by atoms with Crippen LogP contribution in [0.2, 0.25) is 0 Å². The minimum absolute atomic E-state index is 0.0694. The number of likely N-dealkylation sites (tertiary alicyclic amines) is 1. The molecule has 4 heterocycles. The van der Waals surface area contributed by atoms with Crippen molar-refractivity contribution in [2.24, 2.45) is 5.73 Å². The topological polar surface area (TPSA) is 154 Å². The van der Waals surface area contributed by atoms with Crippen LogP contribution in [0.15, 0.2) is 17.5 Å². The first-order valence-electron chi connectivity index (χ1n) is 11.6. The molecule has 0 saturated carbocycles. The number of H-pyrrole nitrogens is 1. The van der Waals surface area contributed by atoms with Crippen molar-refractivity contribution in [2.75, 3.05) is 13.1 Å². The van der Waals surface area contributed by atoms with Crippen LogP contribution in [0.3, 0.4) is 0 Å². The Morgan fingerprint density at radius 2 is 2.23 bits per heavy atom. The molecule has 3 aromatic rings. The molecule has 182 valence electrons. The molecule has 1 aliphatic carbocycles. The fourth-order valence-electron chi connectivity index (χ4n) is 5.29. The lowest BCUT2D eigenvalue weighted by atomic mass is 9.76. The van der Waals surface area contributed by atoms with Gasteiger partial charge in [0.25, 0.3) is 5.91 Å². The van der Waals surface area contributed by atoms with E-state index in [1.54, 1.807) is 16.2 Å². The highest BCUT2D eigenvalue weighted by molar-refractivity contribution is 7.15. The molecule has 1 aliphatic heterocycles. The first-order valence-corrected chi connectivity index (χ1v) is 13.3. The number of aromatic nitrogens is 4. The second-order valence-electron chi connectivity index (χ2n) is 9.11. The zero-order valence-electron chi connectivity index (χ0n) is 19.3. The second kappa shape index (κ2) is 9.49. The van der Waals surface area contributed by atoms with Gasteiger partial charge in [-0.05, 0) is 67.7 Å². The third-order valence-corrected chi connectivity index (χ3v) is 9.37. The summed E-state index contributed by atoms with van der Waals surface area (Å²) in [5.74, 6) is 0.0113. The smallest absolute Gasteiger partial charge is 0.258 e. The number of nitrogens with two attached hydrogens (primary N) is 1. The maximum absolute atomic E-state index is 12.8. The summed E-state index contributed by atoms with van der Waals surface area (Å²) in [6.07, 6.45) is 3.76. The normalized spacial score (nSPS) is 22.2. The summed E-state index contributed by atoms with van der Waals surface area (Å²) < 4.78 is 0. The number of rotatable bonds is 7. The number of amides is 2. The molecule has 0 aromatic carbocycles. The van der Waals surface area contributed by atoms with E-state index < -0.39 is 11.3 Å². The number of nitrogens with one attached hydrogen (secondary N) is 2. The summed E-state index contributed by atoms with van der Waals surface area (Å²) in [7, 11) is 0. The number of nitriles is 1. The molecule has 10 nitrogen and oxygen atoms in total. The molecule has 5 rings (SSSR count). The number of nitrogens with zero attached hydrogens (tertiary/aromatic N) is 5. The van der Waals surface area contributed by atoms with E-state index in [2.05, 4.69) is 43.5 Å². The Balaban J connectivity index is 1.50. The van der Waals surface area contributed by atoms with Gasteiger partial charge in [-0.15, -0.1) is 32.9 Å². The van der Waals surface area contributed by atoms with E-state index in [4.69, 9.17) is 5.73 Å². The second-order valence-corrected chi connectivity index (χ2v) is 11.1. The highest BCUT2D eigenvalue weighted by Crippen LogP contribution is 2.51. The number of carbonyl (C=O) groups is 2. The Labute approximate surface area is 210 Å². The number of primary amides is 1. The molecule has 12 heteroatoms. The number of thiophene rings is 2. The van der Waals surface area contributed by atoms with Crippen molar-refractivity contribution in [3.63, 3.8) is 0 Å². The maximum atomic E-state index is 12.8. The molecular formula is C23H26N8O2S2. The zero-order valence-corrected chi connectivity index (χ0v) is 20.9. The molecular weight excluding hydrogens is 484 g/mol. The summed E-state index contributed by atoms with van der Waals surface area (Å²) in [6.45, 7) is 2.79. The third kappa shape index (κ3) is 4.13. The van der Waals surface area contributed by atoms with Crippen LogP contribution in [0.4, 0.5) is 0 Å². The van der Waals surface area contributed by atoms with E-state index in [1.165, 1.54) is 16.9 Å². The first kappa shape index (κ1) is 23.6. The van der Waals surface area contributed by atoms with Crippen molar-refractivity contribution in [1.82, 2.24) is 30.8 Å². The van der Waals surface area contributed by atoms with Gasteiger partial charge in [0.05, 0.1) is 17.5 Å². The molecule has 1 fully saturated rings. The van der Waals surface area contributed by atoms with Crippen molar-refractivity contribution in [3.8, 4) is 6.07 Å². The van der Waals surface area contributed by atoms with E-state index in [0.29, 0.717) is 23.7 Å². The maximum Gasteiger partial charge on any atom is 0.258 e. The Kier molecular flexibility index (Phi) is 6.39. The van der Waals surface area contributed by atoms with Gasteiger partial charge < -0.3 is 16.0 Å². The minimum Gasteiger partial charge on any atom is -0.365 e. The van der Waals surface area contributed by atoms with Crippen LogP contribution in [0.5, 0.6) is 0 Å². The SMILES string of the molecule is C[C@H](CC1(c2nn[nH]n2)c2sccc2CCc2cc(C(N)=O)sc21)NCC(=O)N1CCC[C@H]1C#N. The number of carbonyl (C=O) groups excluding carboxylic acids is 2. The molecule has 0 spiro atoms. The molecule has 35 heavy (non-hydrogen) atoms. The van der Waals surface area contributed by atoms with Crippen LogP contribution >= 0.6 is 22.7 Å². The fraction of sp³-hybridized carbons (Fsp3) is 0.478. The van der Waals surface area contributed by atoms with E-state index in [0.717, 1.165) is 41.0 Å². The molecule has 1 unspecified atom stereocenters. The number of hydrogen-bond donors (Lipinski definition) is 3. The quantitative estimate of drug-likeness (QED) is 0.437. The van der Waals surface area contributed by atoms with Crippen LogP contribution in [-0.4, -0.2) is 62.5 Å². The average Bonchev–Trinajstić information content (AvgIpc) is 3.65. The average molecular weight is 511 g/mol. The number of aromatic amines is 1. The summed E-state index contributed by atoms with van der Waals surface area (Å²) in [6, 6.07) is 5.80. The van der Waals surface area contributed by atoms with Gasteiger partial charge in [0.2, 0.25) is 5.91 Å². The van der Waals surface area contributed by atoms with Gasteiger partial charge in [0, 0.05) is 22.3 Å². The zero-order chi connectivity index (χ0) is 24.6. The van der Waals surface area contributed by atoms with Crippen molar-refractivity contribution in [2.45, 2.75) is 56.5 Å². The fourth-order valence-corrected chi connectivity index (χ4v) is 7.79. The number of hydrogen-bond acceptors (Lipinski definition) is 9.